The second kappa shape index (κ2) is 9.75. The fraction of sp³-hybridized carbons (Fsp3) is 0.222. The number of benzene rings is 2. The van der Waals surface area contributed by atoms with E-state index in [9.17, 15) is 18.4 Å². The van der Waals surface area contributed by atoms with E-state index in [-0.39, 0.29) is 29.3 Å². The van der Waals surface area contributed by atoms with Crippen LogP contribution >= 0.6 is 11.6 Å². The molecule has 0 saturated carbocycles. The van der Waals surface area contributed by atoms with Gasteiger partial charge in [0, 0.05) is 6.54 Å². The molecule has 7 nitrogen and oxygen atoms in total. The lowest BCUT2D eigenvalue weighted by atomic mass is 10.2. The maximum atomic E-state index is 12.3. The number of alkyl halides is 2. The Labute approximate surface area is 164 Å². The number of nitrogen functional groups attached to an aromatic ring is 1. The standard InChI is InChI=1S/C18H17ClF2N2O5/c1-26-15-6-10(2-5-14(15)28-18(20)21)8-23-16(24)9-27-17(25)11-3-4-12(19)13(22)7-11/h2-7,18H,8-9,22H2,1H3,(H,23,24). The van der Waals surface area contributed by atoms with Crippen LogP contribution in [0.25, 0.3) is 0 Å². The number of anilines is 1. The smallest absolute Gasteiger partial charge is 0.387 e. The molecule has 0 fully saturated rings. The van der Waals surface area contributed by atoms with Crippen molar-refractivity contribution in [3.8, 4) is 11.5 Å². The topological polar surface area (TPSA) is 99.9 Å². The number of carbonyl (C=O) groups excluding carboxylic acids is 2. The summed E-state index contributed by atoms with van der Waals surface area (Å²) in [4.78, 5) is 23.8. The van der Waals surface area contributed by atoms with Crippen LogP contribution in [0.3, 0.4) is 0 Å². The summed E-state index contributed by atoms with van der Waals surface area (Å²) in [6.45, 7) is -3.43. The number of nitrogens with one attached hydrogen (secondary N) is 1. The number of hydrogen-bond donors (Lipinski definition) is 2. The lowest BCUT2D eigenvalue weighted by Crippen LogP contribution is -2.28. The van der Waals surface area contributed by atoms with Crippen LogP contribution in [0.15, 0.2) is 36.4 Å². The molecule has 0 bridgehead atoms. The number of carbonyl (C=O) groups is 2. The SMILES string of the molecule is COc1cc(CNC(=O)COC(=O)c2ccc(Cl)c(N)c2)ccc1OC(F)F. The van der Waals surface area contributed by atoms with Crippen LogP contribution in [0.5, 0.6) is 11.5 Å². The van der Waals surface area contributed by atoms with Gasteiger partial charge >= 0.3 is 12.6 Å². The van der Waals surface area contributed by atoms with Gasteiger partial charge in [-0.25, -0.2) is 4.79 Å². The van der Waals surface area contributed by atoms with Gasteiger partial charge in [0.25, 0.3) is 5.91 Å². The highest BCUT2D eigenvalue weighted by Gasteiger charge is 2.13. The number of ether oxygens (including phenoxy) is 3. The van der Waals surface area contributed by atoms with Crippen molar-refractivity contribution >= 4 is 29.2 Å². The molecule has 3 N–H and O–H groups in total. The first-order valence-electron chi connectivity index (χ1n) is 7.90. The first-order chi connectivity index (χ1) is 13.3. The molecular weight excluding hydrogens is 398 g/mol. The summed E-state index contributed by atoms with van der Waals surface area (Å²) in [5.74, 6) is -1.31. The number of esters is 1. The van der Waals surface area contributed by atoms with E-state index in [1.165, 1.54) is 43.5 Å². The quantitative estimate of drug-likeness (QED) is 0.509. The Morgan fingerprint density at radius 1 is 1.18 bits per heavy atom. The van der Waals surface area contributed by atoms with Gasteiger partial charge in [-0.05, 0) is 35.9 Å². The van der Waals surface area contributed by atoms with Crippen molar-refractivity contribution in [1.29, 1.82) is 0 Å². The summed E-state index contributed by atoms with van der Waals surface area (Å²) in [7, 11) is 1.30. The highest BCUT2D eigenvalue weighted by molar-refractivity contribution is 6.33. The molecule has 0 saturated heterocycles. The lowest BCUT2D eigenvalue weighted by Gasteiger charge is -2.12. The number of nitrogens with two attached hydrogens (primary N) is 1. The third kappa shape index (κ3) is 5.98. The first kappa shape index (κ1) is 21.2. The second-order valence-corrected chi connectivity index (χ2v) is 5.86. The zero-order valence-corrected chi connectivity index (χ0v) is 15.5. The van der Waals surface area contributed by atoms with Crippen molar-refractivity contribution in [2.75, 3.05) is 19.5 Å². The van der Waals surface area contributed by atoms with Gasteiger partial charge in [0.1, 0.15) is 0 Å². The Bertz CT molecular complexity index is 864. The number of methoxy groups -OCH3 is 1. The van der Waals surface area contributed by atoms with Crippen LogP contribution in [-0.2, 0) is 16.1 Å². The zero-order chi connectivity index (χ0) is 20.7. The van der Waals surface area contributed by atoms with Crippen LogP contribution in [0.4, 0.5) is 14.5 Å². The Balaban J connectivity index is 1.86. The van der Waals surface area contributed by atoms with E-state index in [0.717, 1.165) is 0 Å². The van der Waals surface area contributed by atoms with Gasteiger partial charge in [0.2, 0.25) is 0 Å². The van der Waals surface area contributed by atoms with E-state index in [1.807, 2.05) is 0 Å². The molecule has 28 heavy (non-hydrogen) atoms. The van der Waals surface area contributed by atoms with Crippen molar-refractivity contribution < 1.29 is 32.6 Å². The summed E-state index contributed by atoms with van der Waals surface area (Å²) in [6, 6.07) is 8.45. The first-order valence-corrected chi connectivity index (χ1v) is 8.28. The highest BCUT2D eigenvalue weighted by atomic mass is 35.5. The van der Waals surface area contributed by atoms with Gasteiger partial charge < -0.3 is 25.3 Å². The minimum Gasteiger partial charge on any atom is -0.493 e. The minimum absolute atomic E-state index is 0.0651. The van der Waals surface area contributed by atoms with E-state index in [4.69, 9.17) is 26.8 Å². The Kier molecular flexibility index (Phi) is 7.39. The Morgan fingerprint density at radius 3 is 2.57 bits per heavy atom. The van der Waals surface area contributed by atoms with Gasteiger partial charge in [-0.3, -0.25) is 4.79 Å². The van der Waals surface area contributed by atoms with Gasteiger partial charge in [-0.2, -0.15) is 8.78 Å². The molecule has 0 aromatic heterocycles. The molecule has 2 aromatic rings. The van der Waals surface area contributed by atoms with Gasteiger partial charge in [-0.1, -0.05) is 17.7 Å². The molecule has 2 rings (SSSR count). The second-order valence-electron chi connectivity index (χ2n) is 5.45. The fourth-order valence-corrected chi connectivity index (χ4v) is 2.27. The molecule has 1 amide bonds. The molecule has 2 aromatic carbocycles. The predicted molar refractivity (Wildman–Crippen MR) is 97.6 cm³/mol. The van der Waals surface area contributed by atoms with Crippen molar-refractivity contribution in [2.24, 2.45) is 0 Å². The van der Waals surface area contributed by atoms with Crippen LogP contribution in [-0.4, -0.2) is 32.2 Å². The molecule has 0 heterocycles. The normalized spacial score (nSPS) is 10.5. The van der Waals surface area contributed by atoms with Crippen molar-refractivity contribution in [1.82, 2.24) is 5.32 Å². The van der Waals surface area contributed by atoms with E-state index in [1.54, 1.807) is 0 Å². The number of amides is 1. The maximum Gasteiger partial charge on any atom is 0.387 e. The monoisotopic (exact) mass is 414 g/mol. The lowest BCUT2D eigenvalue weighted by molar-refractivity contribution is -0.124. The third-order valence-corrected chi connectivity index (χ3v) is 3.84. The van der Waals surface area contributed by atoms with E-state index < -0.39 is 25.1 Å². The fourth-order valence-electron chi connectivity index (χ4n) is 2.15. The highest BCUT2D eigenvalue weighted by Crippen LogP contribution is 2.29. The zero-order valence-electron chi connectivity index (χ0n) is 14.7. The minimum atomic E-state index is -2.98. The van der Waals surface area contributed by atoms with E-state index >= 15 is 0 Å². The average Bonchev–Trinajstić information content (AvgIpc) is 2.66. The molecular formula is C18H17ClF2N2O5. The molecule has 0 unspecified atom stereocenters. The van der Waals surface area contributed by atoms with Crippen molar-refractivity contribution in [3.05, 3.63) is 52.5 Å². The van der Waals surface area contributed by atoms with E-state index in [2.05, 4.69) is 10.1 Å². The molecule has 0 spiro atoms. The van der Waals surface area contributed by atoms with Crippen LogP contribution in [0, 0.1) is 0 Å². The van der Waals surface area contributed by atoms with Crippen LogP contribution < -0.4 is 20.5 Å². The summed E-state index contributed by atoms with van der Waals surface area (Å²) < 4.78 is 38.8. The summed E-state index contributed by atoms with van der Waals surface area (Å²) in [5, 5.41) is 2.83. The van der Waals surface area contributed by atoms with Gasteiger partial charge in [0.05, 0.1) is 23.4 Å². The third-order valence-electron chi connectivity index (χ3n) is 3.50. The average molecular weight is 415 g/mol. The molecule has 150 valence electrons. The Morgan fingerprint density at radius 2 is 1.93 bits per heavy atom. The number of rotatable bonds is 8. The predicted octanol–water partition coefficient (Wildman–Crippen LogP) is 3.01. The molecule has 10 heteroatoms. The molecule has 0 radical (unpaired) electrons. The van der Waals surface area contributed by atoms with Crippen LogP contribution in [0.2, 0.25) is 5.02 Å². The summed E-state index contributed by atoms with van der Waals surface area (Å²) in [5.41, 5.74) is 6.56. The van der Waals surface area contributed by atoms with Gasteiger partial charge in [0.15, 0.2) is 18.1 Å². The van der Waals surface area contributed by atoms with Crippen molar-refractivity contribution in [3.63, 3.8) is 0 Å². The van der Waals surface area contributed by atoms with Crippen LogP contribution in [0.1, 0.15) is 15.9 Å². The molecule has 0 aliphatic heterocycles. The number of hydrogen-bond acceptors (Lipinski definition) is 6. The van der Waals surface area contributed by atoms with Crippen molar-refractivity contribution in [2.45, 2.75) is 13.2 Å². The number of halogens is 3. The summed E-state index contributed by atoms with van der Waals surface area (Å²) >= 11 is 5.77. The maximum absolute atomic E-state index is 12.3. The molecule has 0 aliphatic rings. The largest absolute Gasteiger partial charge is 0.493 e. The molecule has 0 aliphatic carbocycles. The van der Waals surface area contributed by atoms with Gasteiger partial charge in [-0.15, -0.1) is 0 Å². The summed E-state index contributed by atoms with van der Waals surface area (Å²) in [6.07, 6.45) is 0. The Hall–Kier alpha value is -3.07. The van der Waals surface area contributed by atoms with E-state index in [0.29, 0.717) is 10.6 Å². The molecule has 0 atom stereocenters.